The summed E-state index contributed by atoms with van der Waals surface area (Å²) in [6, 6.07) is 22.2. The Hall–Kier alpha value is -3.33. The minimum Gasteiger partial charge on any atom is -0.488 e. The topological polar surface area (TPSA) is 39.4 Å². The fraction of sp³-hybridized carbons (Fsp3) is 0.192. The van der Waals surface area contributed by atoms with E-state index in [1.165, 1.54) is 5.56 Å². The predicted octanol–water partition coefficient (Wildman–Crippen LogP) is 5.89. The first-order valence-electron chi connectivity index (χ1n) is 9.80. The molecule has 4 aromatic rings. The molecule has 0 atom stereocenters. The van der Waals surface area contributed by atoms with Crippen molar-refractivity contribution in [1.29, 1.82) is 0 Å². The average Bonchev–Trinajstić information content (AvgIpc) is 2.70. The Kier molecular flexibility index (Phi) is 5.22. The van der Waals surface area contributed by atoms with E-state index in [1.54, 1.807) is 0 Å². The van der Waals surface area contributed by atoms with Crippen molar-refractivity contribution in [3.8, 4) is 5.75 Å². The Labute approximate surface area is 170 Å². The minimum atomic E-state index is -0.283. The molecule has 0 aliphatic heterocycles. The summed E-state index contributed by atoms with van der Waals surface area (Å²) in [6.07, 6.45) is 0.538. The molecule has 0 saturated heterocycles. The quantitative estimate of drug-likeness (QED) is 0.403. The molecule has 4 rings (SSSR count). The van der Waals surface area contributed by atoms with Gasteiger partial charge in [-0.1, -0.05) is 60.2 Å². The van der Waals surface area contributed by atoms with Gasteiger partial charge in [-0.2, -0.15) is 0 Å². The molecule has 146 valence electrons. The van der Waals surface area contributed by atoms with Gasteiger partial charge in [-0.25, -0.2) is 4.79 Å². The van der Waals surface area contributed by atoms with Crippen molar-refractivity contribution in [2.75, 3.05) is 0 Å². The number of fused-ring (bicyclic) bond motifs is 1. The van der Waals surface area contributed by atoms with E-state index < -0.39 is 0 Å². The second kappa shape index (κ2) is 7.96. The van der Waals surface area contributed by atoms with Gasteiger partial charge in [0.05, 0.1) is 5.39 Å². The third kappa shape index (κ3) is 4.09. The highest BCUT2D eigenvalue weighted by atomic mass is 16.5. The Balaban J connectivity index is 1.77. The number of ether oxygens (including phenoxy) is 1. The summed E-state index contributed by atoms with van der Waals surface area (Å²) < 4.78 is 11.9. The Morgan fingerprint density at radius 3 is 2.34 bits per heavy atom. The minimum absolute atomic E-state index is 0.283. The highest BCUT2D eigenvalue weighted by Gasteiger charge is 2.16. The van der Waals surface area contributed by atoms with E-state index in [9.17, 15) is 4.79 Å². The molecule has 1 aromatic heterocycles. The molecule has 0 N–H and O–H groups in total. The number of rotatable bonds is 5. The second-order valence-corrected chi connectivity index (χ2v) is 7.57. The van der Waals surface area contributed by atoms with E-state index >= 15 is 0 Å². The van der Waals surface area contributed by atoms with E-state index in [0.29, 0.717) is 24.2 Å². The van der Waals surface area contributed by atoms with Crippen LogP contribution in [0.4, 0.5) is 0 Å². The SMILES string of the molecule is Cc1cccc(COc2cc(C)cc3oc(=O)c(Cc4ccccc4)c(C)c23)c1. The molecular weight excluding hydrogens is 360 g/mol. The standard InChI is InChI=1S/C26H24O3/c1-17-8-7-11-21(12-17)16-28-23-13-18(2)14-24-25(23)19(3)22(26(27)29-24)15-20-9-5-4-6-10-20/h4-14H,15-16H2,1-3H3. The fourth-order valence-electron chi connectivity index (χ4n) is 3.72. The largest absolute Gasteiger partial charge is 0.488 e. The van der Waals surface area contributed by atoms with Gasteiger partial charge in [0.1, 0.15) is 17.9 Å². The third-order valence-corrected chi connectivity index (χ3v) is 5.19. The fourth-order valence-corrected chi connectivity index (χ4v) is 3.72. The summed E-state index contributed by atoms with van der Waals surface area (Å²) in [5.41, 5.74) is 6.27. The number of hydrogen-bond acceptors (Lipinski definition) is 3. The van der Waals surface area contributed by atoms with Gasteiger partial charge in [0, 0.05) is 12.0 Å². The first-order chi connectivity index (χ1) is 14.0. The molecule has 0 bridgehead atoms. The van der Waals surface area contributed by atoms with Crippen LogP contribution in [0.25, 0.3) is 11.0 Å². The lowest BCUT2D eigenvalue weighted by Gasteiger charge is -2.14. The van der Waals surface area contributed by atoms with Gasteiger partial charge in [-0.05, 0) is 55.2 Å². The van der Waals surface area contributed by atoms with Crippen LogP contribution >= 0.6 is 0 Å². The van der Waals surface area contributed by atoms with Crippen LogP contribution in [0.5, 0.6) is 5.75 Å². The molecule has 0 aliphatic rings. The molecule has 3 nitrogen and oxygen atoms in total. The molecule has 0 fully saturated rings. The van der Waals surface area contributed by atoms with Gasteiger partial charge in [0.25, 0.3) is 0 Å². The Morgan fingerprint density at radius 1 is 0.828 bits per heavy atom. The van der Waals surface area contributed by atoms with Crippen LogP contribution in [0.2, 0.25) is 0 Å². The average molecular weight is 384 g/mol. The molecule has 0 saturated carbocycles. The molecular formula is C26H24O3. The number of hydrogen-bond donors (Lipinski definition) is 0. The van der Waals surface area contributed by atoms with Crippen molar-refractivity contribution in [3.05, 3.63) is 111 Å². The Bertz CT molecular complexity index is 1220. The van der Waals surface area contributed by atoms with Crippen LogP contribution in [0, 0.1) is 20.8 Å². The zero-order chi connectivity index (χ0) is 20.4. The zero-order valence-corrected chi connectivity index (χ0v) is 17.0. The van der Waals surface area contributed by atoms with Gasteiger partial charge in [-0.15, -0.1) is 0 Å². The molecule has 0 unspecified atom stereocenters. The molecule has 3 aromatic carbocycles. The van der Waals surface area contributed by atoms with Gasteiger partial charge < -0.3 is 9.15 Å². The van der Waals surface area contributed by atoms with Gasteiger partial charge in [-0.3, -0.25) is 0 Å². The van der Waals surface area contributed by atoms with E-state index in [4.69, 9.17) is 9.15 Å². The highest BCUT2D eigenvalue weighted by Crippen LogP contribution is 2.32. The lowest BCUT2D eigenvalue weighted by molar-refractivity contribution is 0.309. The Morgan fingerprint density at radius 2 is 1.59 bits per heavy atom. The normalized spacial score (nSPS) is 11.0. The van der Waals surface area contributed by atoms with Crippen LogP contribution < -0.4 is 10.4 Å². The smallest absolute Gasteiger partial charge is 0.340 e. The summed E-state index contributed by atoms with van der Waals surface area (Å²) in [5.74, 6) is 0.747. The van der Waals surface area contributed by atoms with Crippen LogP contribution in [0.3, 0.4) is 0 Å². The van der Waals surface area contributed by atoms with Crippen LogP contribution in [-0.2, 0) is 13.0 Å². The maximum Gasteiger partial charge on any atom is 0.340 e. The van der Waals surface area contributed by atoms with Gasteiger partial charge in [0.2, 0.25) is 0 Å². The summed E-state index contributed by atoms with van der Waals surface area (Å²) in [7, 11) is 0. The molecule has 1 heterocycles. The van der Waals surface area contributed by atoms with E-state index in [1.807, 2.05) is 62.4 Å². The van der Waals surface area contributed by atoms with E-state index in [-0.39, 0.29) is 5.63 Å². The molecule has 3 heteroatoms. The highest BCUT2D eigenvalue weighted by molar-refractivity contribution is 5.88. The molecule has 0 amide bonds. The zero-order valence-electron chi connectivity index (χ0n) is 17.0. The van der Waals surface area contributed by atoms with Crippen molar-refractivity contribution in [2.45, 2.75) is 33.8 Å². The maximum absolute atomic E-state index is 12.7. The summed E-state index contributed by atoms with van der Waals surface area (Å²) >= 11 is 0. The van der Waals surface area contributed by atoms with Gasteiger partial charge >= 0.3 is 5.63 Å². The summed E-state index contributed by atoms with van der Waals surface area (Å²) in [6.45, 7) is 6.49. The molecule has 0 radical (unpaired) electrons. The molecule has 29 heavy (non-hydrogen) atoms. The van der Waals surface area contributed by atoms with Crippen molar-refractivity contribution in [1.82, 2.24) is 0 Å². The van der Waals surface area contributed by atoms with Crippen LogP contribution in [0.1, 0.15) is 33.4 Å². The van der Waals surface area contributed by atoms with E-state index in [0.717, 1.165) is 33.4 Å². The van der Waals surface area contributed by atoms with Gasteiger partial charge in [0.15, 0.2) is 0 Å². The molecule has 0 spiro atoms. The monoisotopic (exact) mass is 384 g/mol. The second-order valence-electron chi connectivity index (χ2n) is 7.57. The van der Waals surface area contributed by atoms with Crippen molar-refractivity contribution in [2.24, 2.45) is 0 Å². The number of aryl methyl sites for hydroxylation is 3. The first kappa shape index (κ1) is 19.0. The number of benzene rings is 3. The summed E-state index contributed by atoms with van der Waals surface area (Å²) in [5, 5.41) is 0.869. The van der Waals surface area contributed by atoms with Crippen molar-refractivity contribution >= 4 is 11.0 Å². The van der Waals surface area contributed by atoms with E-state index in [2.05, 4.69) is 25.1 Å². The summed E-state index contributed by atoms with van der Waals surface area (Å²) in [4.78, 5) is 12.7. The van der Waals surface area contributed by atoms with Crippen molar-refractivity contribution < 1.29 is 9.15 Å². The lowest BCUT2D eigenvalue weighted by atomic mass is 9.98. The maximum atomic E-state index is 12.7. The third-order valence-electron chi connectivity index (χ3n) is 5.19. The van der Waals surface area contributed by atoms with Crippen molar-refractivity contribution in [3.63, 3.8) is 0 Å². The van der Waals surface area contributed by atoms with Crippen LogP contribution in [-0.4, -0.2) is 0 Å². The molecule has 0 aliphatic carbocycles. The predicted molar refractivity (Wildman–Crippen MR) is 117 cm³/mol. The van der Waals surface area contributed by atoms with Crippen LogP contribution in [0.15, 0.2) is 75.9 Å². The first-order valence-corrected chi connectivity index (χ1v) is 9.80. The lowest BCUT2D eigenvalue weighted by Crippen LogP contribution is -2.11.